The first-order chi connectivity index (χ1) is 11.5. The van der Waals surface area contributed by atoms with Crippen LogP contribution in [-0.4, -0.2) is 16.1 Å². The summed E-state index contributed by atoms with van der Waals surface area (Å²) in [5.41, 5.74) is -0.974. The number of carboxylic acid groups (broad SMARTS) is 1. The molecule has 0 saturated carbocycles. The molecule has 0 radical (unpaired) electrons. The second-order valence-electron chi connectivity index (χ2n) is 6.20. The van der Waals surface area contributed by atoms with Crippen molar-refractivity contribution < 1.29 is 23.1 Å². The molecule has 0 amide bonds. The number of pyridine rings is 1. The standard InChI is InChI=1S/C18H17ClF3NO2/c1-9(2)8-13-10(3)15(11-4-6-12(19)7-5-11)23-16(18(20,21)22)14(13)17(24)25/h4-7,9H,8H2,1-3H3,(H,24,25). The largest absolute Gasteiger partial charge is 0.478 e. The van der Waals surface area contributed by atoms with Crippen molar-refractivity contribution in [3.63, 3.8) is 0 Å². The number of benzene rings is 1. The summed E-state index contributed by atoms with van der Waals surface area (Å²) in [7, 11) is 0. The van der Waals surface area contributed by atoms with Crippen LogP contribution in [0.15, 0.2) is 24.3 Å². The molecule has 0 aliphatic carbocycles. The van der Waals surface area contributed by atoms with Gasteiger partial charge in [0.25, 0.3) is 0 Å². The molecular weight excluding hydrogens is 355 g/mol. The molecule has 0 atom stereocenters. The zero-order chi connectivity index (χ0) is 18.9. The smallest absolute Gasteiger partial charge is 0.434 e. The summed E-state index contributed by atoms with van der Waals surface area (Å²) in [4.78, 5) is 15.2. The third kappa shape index (κ3) is 4.12. The highest BCUT2D eigenvalue weighted by Gasteiger charge is 2.40. The molecule has 2 aromatic rings. The zero-order valence-electron chi connectivity index (χ0n) is 13.9. The van der Waals surface area contributed by atoms with Gasteiger partial charge in [0, 0.05) is 10.6 Å². The van der Waals surface area contributed by atoms with E-state index in [1.807, 2.05) is 13.8 Å². The molecule has 25 heavy (non-hydrogen) atoms. The Morgan fingerprint density at radius 2 is 1.80 bits per heavy atom. The van der Waals surface area contributed by atoms with E-state index in [4.69, 9.17) is 11.6 Å². The predicted molar refractivity (Wildman–Crippen MR) is 89.9 cm³/mol. The normalized spacial score (nSPS) is 11.8. The Hall–Kier alpha value is -2.08. The molecule has 0 aliphatic rings. The van der Waals surface area contributed by atoms with E-state index < -0.39 is 23.4 Å². The van der Waals surface area contributed by atoms with E-state index in [0.717, 1.165) is 0 Å². The first-order valence-corrected chi connectivity index (χ1v) is 8.00. The van der Waals surface area contributed by atoms with Crippen molar-refractivity contribution in [3.05, 3.63) is 51.7 Å². The average Bonchev–Trinajstić information content (AvgIpc) is 2.48. The minimum atomic E-state index is -4.87. The molecule has 0 unspecified atom stereocenters. The third-order valence-corrected chi connectivity index (χ3v) is 4.03. The lowest BCUT2D eigenvalue weighted by molar-refractivity contribution is -0.141. The number of aromatic nitrogens is 1. The van der Waals surface area contributed by atoms with Crippen LogP contribution in [0.5, 0.6) is 0 Å². The number of hydrogen-bond donors (Lipinski definition) is 1. The zero-order valence-corrected chi connectivity index (χ0v) is 14.7. The fourth-order valence-corrected chi connectivity index (χ4v) is 2.84. The van der Waals surface area contributed by atoms with Gasteiger partial charge in [-0.25, -0.2) is 9.78 Å². The number of rotatable bonds is 4. The molecule has 1 heterocycles. The third-order valence-electron chi connectivity index (χ3n) is 3.78. The molecule has 1 aromatic heterocycles. The Balaban J connectivity index is 2.86. The summed E-state index contributed by atoms with van der Waals surface area (Å²) in [6.07, 6.45) is -4.66. The van der Waals surface area contributed by atoms with Gasteiger partial charge in [0.15, 0.2) is 5.69 Å². The summed E-state index contributed by atoms with van der Waals surface area (Å²) in [5.74, 6) is -1.64. The molecule has 0 spiro atoms. The summed E-state index contributed by atoms with van der Waals surface area (Å²) in [5, 5.41) is 9.83. The van der Waals surface area contributed by atoms with E-state index in [2.05, 4.69) is 4.98 Å². The van der Waals surface area contributed by atoms with Crippen LogP contribution in [-0.2, 0) is 12.6 Å². The van der Waals surface area contributed by atoms with Crippen LogP contribution in [0.2, 0.25) is 5.02 Å². The average molecular weight is 372 g/mol. The molecule has 2 rings (SSSR count). The topological polar surface area (TPSA) is 50.2 Å². The molecule has 0 fully saturated rings. The van der Waals surface area contributed by atoms with Gasteiger partial charge in [-0.2, -0.15) is 13.2 Å². The lowest BCUT2D eigenvalue weighted by atomic mass is 9.90. The maximum Gasteiger partial charge on any atom is 0.434 e. The van der Waals surface area contributed by atoms with Crippen molar-refractivity contribution in [1.29, 1.82) is 0 Å². The summed E-state index contributed by atoms with van der Waals surface area (Å²) in [6.45, 7) is 5.24. The maximum atomic E-state index is 13.5. The summed E-state index contributed by atoms with van der Waals surface area (Å²) < 4.78 is 40.4. The Labute approximate surface area is 148 Å². The molecule has 1 aromatic carbocycles. The van der Waals surface area contributed by atoms with Crippen LogP contribution in [0.1, 0.15) is 41.0 Å². The maximum absolute atomic E-state index is 13.5. The number of carboxylic acids is 1. The van der Waals surface area contributed by atoms with Gasteiger partial charge in [0.05, 0.1) is 11.3 Å². The van der Waals surface area contributed by atoms with E-state index in [1.165, 1.54) is 0 Å². The van der Waals surface area contributed by atoms with Crippen molar-refractivity contribution in [2.24, 2.45) is 5.92 Å². The molecule has 0 bridgehead atoms. The molecule has 7 heteroatoms. The number of carbonyl (C=O) groups is 1. The molecule has 1 N–H and O–H groups in total. The van der Waals surface area contributed by atoms with Gasteiger partial charge in [-0.05, 0) is 42.5 Å². The fourth-order valence-electron chi connectivity index (χ4n) is 2.71. The first kappa shape index (κ1) is 19.2. The summed E-state index contributed by atoms with van der Waals surface area (Å²) in [6, 6.07) is 6.24. The molecular formula is C18H17ClF3NO2. The van der Waals surface area contributed by atoms with Gasteiger partial charge in [-0.1, -0.05) is 37.6 Å². The van der Waals surface area contributed by atoms with Crippen LogP contribution in [0, 0.1) is 12.8 Å². The van der Waals surface area contributed by atoms with E-state index in [1.54, 1.807) is 31.2 Å². The van der Waals surface area contributed by atoms with Crippen LogP contribution in [0.25, 0.3) is 11.3 Å². The highest BCUT2D eigenvalue weighted by molar-refractivity contribution is 6.30. The Bertz CT molecular complexity index is 799. The lowest BCUT2D eigenvalue weighted by Gasteiger charge is -2.20. The van der Waals surface area contributed by atoms with E-state index >= 15 is 0 Å². The minimum Gasteiger partial charge on any atom is -0.478 e. The number of halogens is 4. The minimum absolute atomic E-state index is 0.0154. The van der Waals surface area contributed by atoms with Crippen molar-refractivity contribution in [2.75, 3.05) is 0 Å². The molecule has 0 aliphatic heterocycles. The van der Waals surface area contributed by atoms with Gasteiger partial charge in [0.1, 0.15) is 0 Å². The molecule has 0 saturated heterocycles. The van der Waals surface area contributed by atoms with E-state index in [-0.39, 0.29) is 23.6 Å². The van der Waals surface area contributed by atoms with Crippen LogP contribution in [0.3, 0.4) is 0 Å². The van der Waals surface area contributed by atoms with Gasteiger partial charge < -0.3 is 5.11 Å². The van der Waals surface area contributed by atoms with Gasteiger partial charge in [-0.15, -0.1) is 0 Å². The Morgan fingerprint density at radius 1 is 1.24 bits per heavy atom. The predicted octanol–water partition coefficient (Wildman–Crippen LogP) is 5.63. The second kappa shape index (κ2) is 7.04. The monoisotopic (exact) mass is 371 g/mol. The van der Waals surface area contributed by atoms with Crippen LogP contribution >= 0.6 is 11.6 Å². The van der Waals surface area contributed by atoms with Gasteiger partial charge in [0.2, 0.25) is 0 Å². The Kier molecular flexibility index (Phi) is 5.42. The van der Waals surface area contributed by atoms with Crippen molar-refractivity contribution >= 4 is 17.6 Å². The number of aromatic carboxylic acids is 1. The quantitative estimate of drug-likeness (QED) is 0.758. The Morgan fingerprint density at radius 3 is 2.24 bits per heavy atom. The van der Waals surface area contributed by atoms with Gasteiger partial charge >= 0.3 is 12.1 Å². The second-order valence-corrected chi connectivity index (χ2v) is 6.63. The van der Waals surface area contributed by atoms with Gasteiger partial charge in [-0.3, -0.25) is 0 Å². The number of nitrogens with zero attached hydrogens (tertiary/aromatic N) is 1. The molecule has 3 nitrogen and oxygen atoms in total. The van der Waals surface area contributed by atoms with Crippen LogP contribution in [0.4, 0.5) is 13.2 Å². The first-order valence-electron chi connectivity index (χ1n) is 7.62. The highest BCUT2D eigenvalue weighted by atomic mass is 35.5. The van der Waals surface area contributed by atoms with Crippen molar-refractivity contribution in [1.82, 2.24) is 4.98 Å². The molecule has 134 valence electrons. The van der Waals surface area contributed by atoms with Crippen molar-refractivity contribution in [2.45, 2.75) is 33.4 Å². The van der Waals surface area contributed by atoms with E-state index in [9.17, 15) is 23.1 Å². The SMILES string of the molecule is Cc1c(-c2ccc(Cl)cc2)nc(C(F)(F)F)c(C(=O)O)c1CC(C)C. The highest BCUT2D eigenvalue weighted by Crippen LogP contribution is 2.37. The van der Waals surface area contributed by atoms with E-state index in [0.29, 0.717) is 16.1 Å². The summed E-state index contributed by atoms with van der Waals surface area (Å²) >= 11 is 5.83. The number of alkyl halides is 3. The fraction of sp³-hybridized carbons (Fsp3) is 0.333. The lowest BCUT2D eigenvalue weighted by Crippen LogP contribution is -2.20. The number of hydrogen-bond acceptors (Lipinski definition) is 2. The van der Waals surface area contributed by atoms with Crippen LogP contribution < -0.4 is 0 Å². The van der Waals surface area contributed by atoms with Crippen molar-refractivity contribution in [3.8, 4) is 11.3 Å².